The molecule has 0 radical (unpaired) electrons. The van der Waals surface area contributed by atoms with Gasteiger partial charge < -0.3 is 4.90 Å². The van der Waals surface area contributed by atoms with Gasteiger partial charge in [-0.15, -0.1) is 0 Å². The Bertz CT molecular complexity index is 681. The van der Waals surface area contributed by atoms with Crippen molar-refractivity contribution in [3.63, 3.8) is 0 Å². The molecule has 0 spiro atoms. The summed E-state index contributed by atoms with van der Waals surface area (Å²) in [5.41, 5.74) is -0.0525. The average Bonchev–Trinajstić information content (AvgIpc) is 3.10. The second-order valence-corrected chi connectivity index (χ2v) is 7.53. The molecular formula is C13H19N5O4S. The maximum atomic E-state index is 12.5. The highest BCUT2D eigenvalue weighted by Crippen LogP contribution is 2.26. The fraction of sp³-hybridized carbons (Fsp3) is 0.615. The van der Waals surface area contributed by atoms with Gasteiger partial charge in [0.1, 0.15) is 0 Å². The molecule has 2 fully saturated rings. The zero-order chi connectivity index (χ0) is 16.4. The second kappa shape index (κ2) is 6.38. The summed E-state index contributed by atoms with van der Waals surface area (Å²) >= 11 is 0. The SMILES string of the molecule is O=[N+]([O-])c1cccnc1N1CCN(S(=O)(=O)N2CCCC2)CC1. The number of pyridine rings is 1. The summed E-state index contributed by atoms with van der Waals surface area (Å²) in [6.07, 6.45) is 3.31. The van der Waals surface area contributed by atoms with Gasteiger partial charge in [-0.25, -0.2) is 4.98 Å². The molecule has 2 saturated heterocycles. The van der Waals surface area contributed by atoms with Crippen LogP contribution < -0.4 is 4.90 Å². The van der Waals surface area contributed by atoms with Gasteiger partial charge in [-0.1, -0.05) is 0 Å². The molecule has 2 aliphatic heterocycles. The van der Waals surface area contributed by atoms with E-state index in [1.807, 2.05) is 0 Å². The Labute approximate surface area is 134 Å². The molecule has 0 amide bonds. The fourth-order valence-corrected chi connectivity index (χ4v) is 4.66. The number of rotatable bonds is 4. The standard InChI is InChI=1S/C13H19N5O4S/c19-18(20)12-4-3-5-14-13(12)15-8-10-17(11-9-15)23(21,22)16-6-1-2-7-16/h3-5H,1-2,6-11H2. The lowest BCUT2D eigenvalue weighted by Gasteiger charge is -2.36. The van der Waals surface area contributed by atoms with Crippen molar-refractivity contribution in [1.82, 2.24) is 13.6 Å². The molecule has 0 aliphatic carbocycles. The summed E-state index contributed by atoms with van der Waals surface area (Å²) in [5.74, 6) is 0.302. The van der Waals surface area contributed by atoms with Crippen molar-refractivity contribution in [3.05, 3.63) is 28.4 Å². The number of aromatic nitrogens is 1. The lowest BCUT2D eigenvalue weighted by molar-refractivity contribution is -0.384. The minimum Gasteiger partial charge on any atom is -0.348 e. The number of anilines is 1. The van der Waals surface area contributed by atoms with Crippen molar-refractivity contribution >= 4 is 21.7 Å². The number of nitrogens with zero attached hydrogens (tertiary/aromatic N) is 5. The van der Waals surface area contributed by atoms with Crippen LogP contribution in [-0.4, -0.2) is 66.2 Å². The summed E-state index contributed by atoms with van der Waals surface area (Å²) < 4.78 is 28.0. The van der Waals surface area contributed by atoms with Crippen molar-refractivity contribution in [2.75, 3.05) is 44.2 Å². The van der Waals surface area contributed by atoms with Crippen LogP contribution in [0.5, 0.6) is 0 Å². The van der Waals surface area contributed by atoms with Crippen LogP contribution in [0.15, 0.2) is 18.3 Å². The first kappa shape index (κ1) is 16.1. The third-order valence-corrected chi connectivity index (χ3v) is 6.25. The molecule has 3 rings (SSSR count). The van der Waals surface area contributed by atoms with Crippen molar-refractivity contribution in [1.29, 1.82) is 0 Å². The molecule has 0 bridgehead atoms. The summed E-state index contributed by atoms with van der Waals surface area (Å²) in [7, 11) is -3.41. The third kappa shape index (κ3) is 3.14. The monoisotopic (exact) mass is 341 g/mol. The Morgan fingerprint density at radius 3 is 2.26 bits per heavy atom. The minimum absolute atomic E-state index is 0.0525. The highest BCUT2D eigenvalue weighted by Gasteiger charge is 2.35. The van der Waals surface area contributed by atoms with E-state index in [-0.39, 0.29) is 5.69 Å². The lowest BCUT2D eigenvalue weighted by atomic mass is 10.3. The van der Waals surface area contributed by atoms with E-state index >= 15 is 0 Å². The molecule has 126 valence electrons. The first-order chi connectivity index (χ1) is 11.0. The van der Waals surface area contributed by atoms with Crippen LogP contribution in [0.2, 0.25) is 0 Å². The molecular weight excluding hydrogens is 322 g/mol. The van der Waals surface area contributed by atoms with Gasteiger partial charge in [0.05, 0.1) is 4.92 Å². The summed E-state index contributed by atoms with van der Waals surface area (Å²) in [4.78, 5) is 16.5. The van der Waals surface area contributed by atoms with Gasteiger partial charge in [0.25, 0.3) is 10.2 Å². The minimum atomic E-state index is -3.41. The number of hydrogen-bond acceptors (Lipinski definition) is 6. The van der Waals surface area contributed by atoms with Crippen LogP contribution in [0, 0.1) is 10.1 Å². The average molecular weight is 341 g/mol. The number of piperazine rings is 1. The van der Waals surface area contributed by atoms with E-state index < -0.39 is 15.1 Å². The molecule has 0 aromatic carbocycles. The van der Waals surface area contributed by atoms with Gasteiger partial charge in [0.2, 0.25) is 5.82 Å². The summed E-state index contributed by atoms with van der Waals surface area (Å²) in [6.45, 7) is 2.57. The van der Waals surface area contributed by atoms with Crippen LogP contribution in [0.3, 0.4) is 0 Å². The van der Waals surface area contributed by atoms with Gasteiger partial charge in [0, 0.05) is 51.5 Å². The predicted octanol–water partition coefficient (Wildman–Crippen LogP) is 0.452. The molecule has 23 heavy (non-hydrogen) atoms. The van der Waals surface area contributed by atoms with E-state index in [2.05, 4.69) is 4.98 Å². The maximum absolute atomic E-state index is 12.5. The molecule has 10 heteroatoms. The van der Waals surface area contributed by atoms with E-state index in [0.717, 1.165) is 12.8 Å². The summed E-state index contributed by atoms with van der Waals surface area (Å²) in [6, 6.07) is 2.94. The largest absolute Gasteiger partial charge is 0.348 e. The van der Waals surface area contributed by atoms with E-state index in [0.29, 0.717) is 45.1 Å². The highest BCUT2D eigenvalue weighted by atomic mass is 32.2. The predicted molar refractivity (Wildman–Crippen MR) is 84.4 cm³/mol. The van der Waals surface area contributed by atoms with Crippen molar-refractivity contribution in [3.8, 4) is 0 Å². The molecule has 0 N–H and O–H groups in total. The number of hydrogen-bond donors (Lipinski definition) is 0. The maximum Gasteiger partial charge on any atom is 0.311 e. The van der Waals surface area contributed by atoms with Gasteiger partial charge in [-0.2, -0.15) is 17.0 Å². The first-order valence-corrected chi connectivity index (χ1v) is 8.99. The van der Waals surface area contributed by atoms with Crippen molar-refractivity contribution in [2.24, 2.45) is 0 Å². The van der Waals surface area contributed by atoms with Crippen molar-refractivity contribution < 1.29 is 13.3 Å². The molecule has 1 aromatic rings. The van der Waals surface area contributed by atoms with Crippen LogP contribution >= 0.6 is 0 Å². The molecule has 0 unspecified atom stereocenters. The Morgan fingerprint density at radius 1 is 1.04 bits per heavy atom. The van der Waals surface area contributed by atoms with Gasteiger partial charge in [0.15, 0.2) is 0 Å². The van der Waals surface area contributed by atoms with Crippen LogP contribution in [-0.2, 0) is 10.2 Å². The van der Waals surface area contributed by atoms with Gasteiger partial charge in [-0.3, -0.25) is 10.1 Å². The number of nitro groups is 1. The Morgan fingerprint density at radius 2 is 1.65 bits per heavy atom. The molecule has 3 heterocycles. The van der Waals surface area contributed by atoms with Crippen LogP contribution in [0.4, 0.5) is 11.5 Å². The smallest absolute Gasteiger partial charge is 0.311 e. The molecule has 0 saturated carbocycles. The third-order valence-electron chi connectivity index (χ3n) is 4.22. The molecule has 0 atom stereocenters. The zero-order valence-electron chi connectivity index (χ0n) is 12.7. The second-order valence-electron chi connectivity index (χ2n) is 5.60. The first-order valence-electron chi connectivity index (χ1n) is 7.60. The topological polar surface area (TPSA) is 99.9 Å². The normalized spacial score (nSPS) is 20.8. The van der Waals surface area contributed by atoms with Gasteiger partial charge >= 0.3 is 5.69 Å². The van der Waals surface area contributed by atoms with Crippen LogP contribution in [0.25, 0.3) is 0 Å². The summed E-state index contributed by atoms with van der Waals surface area (Å²) in [5, 5.41) is 11.1. The highest BCUT2D eigenvalue weighted by molar-refractivity contribution is 7.86. The molecule has 2 aliphatic rings. The van der Waals surface area contributed by atoms with E-state index in [9.17, 15) is 18.5 Å². The van der Waals surface area contributed by atoms with Crippen LogP contribution in [0.1, 0.15) is 12.8 Å². The zero-order valence-corrected chi connectivity index (χ0v) is 13.5. The van der Waals surface area contributed by atoms with Gasteiger partial charge in [-0.05, 0) is 18.9 Å². The van der Waals surface area contributed by atoms with E-state index in [1.165, 1.54) is 26.9 Å². The molecule has 9 nitrogen and oxygen atoms in total. The Balaban J connectivity index is 1.70. The Kier molecular flexibility index (Phi) is 4.46. The quantitative estimate of drug-likeness (QED) is 0.582. The van der Waals surface area contributed by atoms with E-state index in [1.54, 1.807) is 4.90 Å². The van der Waals surface area contributed by atoms with Crippen molar-refractivity contribution in [2.45, 2.75) is 12.8 Å². The fourth-order valence-electron chi connectivity index (χ4n) is 2.99. The Hall–Kier alpha value is -1.78. The van der Waals surface area contributed by atoms with E-state index in [4.69, 9.17) is 0 Å². The molecule has 1 aromatic heterocycles. The lowest BCUT2D eigenvalue weighted by Crippen LogP contribution is -2.52.